The van der Waals surface area contributed by atoms with Gasteiger partial charge in [-0.2, -0.15) is 0 Å². The number of rotatable bonds is 5. The molecule has 2 unspecified atom stereocenters. The van der Waals surface area contributed by atoms with Crippen LogP contribution in [0, 0.1) is 0 Å². The fraction of sp³-hybridized carbons (Fsp3) is 0.667. The third-order valence-corrected chi connectivity index (χ3v) is 3.80. The molecule has 1 fully saturated rings. The molecule has 1 aromatic rings. The topological polar surface area (TPSA) is 28.2 Å². The van der Waals surface area contributed by atoms with Gasteiger partial charge in [0.1, 0.15) is 0 Å². The third-order valence-electron chi connectivity index (χ3n) is 3.80. The molecule has 0 spiro atoms. The summed E-state index contributed by atoms with van der Waals surface area (Å²) in [7, 11) is 0. The Bertz CT molecular complexity index is 339. The quantitative estimate of drug-likeness (QED) is 0.867. The molecular formula is C15H25N3. The minimum absolute atomic E-state index is 0.428. The summed E-state index contributed by atoms with van der Waals surface area (Å²) in [5.41, 5.74) is 1.19. The second-order valence-corrected chi connectivity index (χ2v) is 5.22. The van der Waals surface area contributed by atoms with Gasteiger partial charge >= 0.3 is 0 Å². The van der Waals surface area contributed by atoms with Gasteiger partial charge in [-0.15, -0.1) is 0 Å². The number of nitrogens with one attached hydrogen (secondary N) is 1. The second-order valence-electron chi connectivity index (χ2n) is 5.22. The molecule has 3 nitrogen and oxygen atoms in total. The highest BCUT2D eigenvalue weighted by atomic mass is 15.2. The summed E-state index contributed by atoms with van der Waals surface area (Å²) in [5.74, 6) is 0. The molecule has 2 rings (SSSR count). The minimum Gasteiger partial charge on any atom is -0.313 e. The van der Waals surface area contributed by atoms with Crippen LogP contribution in [0.5, 0.6) is 0 Å². The predicted octanol–water partition coefficient (Wildman–Crippen LogP) is 2.61. The fourth-order valence-corrected chi connectivity index (χ4v) is 2.68. The van der Waals surface area contributed by atoms with Crippen molar-refractivity contribution in [3.63, 3.8) is 0 Å². The first-order valence-corrected chi connectivity index (χ1v) is 7.19. The Kier molecular flexibility index (Phi) is 5.14. The lowest BCUT2D eigenvalue weighted by Gasteiger charge is -2.37. The highest BCUT2D eigenvalue weighted by Crippen LogP contribution is 2.22. The summed E-state index contributed by atoms with van der Waals surface area (Å²) in [6, 6.07) is 7.28. The number of piperidine rings is 1. The Balaban J connectivity index is 1.92. The van der Waals surface area contributed by atoms with Crippen molar-refractivity contribution >= 4 is 0 Å². The zero-order valence-electron chi connectivity index (χ0n) is 11.6. The lowest BCUT2D eigenvalue weighted by Crippen LogP contribution is -2.46. The van der Waals surface area contributed by atoms with Crippen LogP contribution in [0.4, 0.5) is 0 Å². The molecule has 1 N–H and O–H groups in total. The van der Waals surface area contributed by atoms with Gasteiger partial charge in [-0.1, -0.05) is 13.0 Å². The van der Waals surface area contributed by atoms with E-state index < -0.39 is 0 Å². The van der Waals surface area contributed by atoms with E-state index >= 15 is 0 Å². The Morgan fingerprint density at radius 2 is 2.39 bits per heavy atom. The molecule has 0 aliphatic carbocycles. The molecule has 2 heterocycles. The lowest BCUT2D eigenvalue weighted by atomic mass is 10.0. The SMILES string of the molecule is CCCNC1CCCN(C(C)c2ccccn2)C1. The van der Waals surface area contributed by atoms with Crippen molar-refractivity contribution in [1.29, 1.82) is 0 Å². The van der Waals surface area contributed by atoms with Crippen LogP contribution >= 0.6 is 0 Å². The van der Waals surface area contributed by atoms with Gasteiger partial charge in [-0.25, -0.2) is 0 Å². The molecule has 18 heavy (non-hydrogen) atoms. The van der Waals surface area contributed by atoms with E-state index in [2.05, 4.69) is 41.2 Å². The normalized spacial score (nSPS) is 22.9. The molecule has 0 saturated carbocycles. The van der Waals surface area contributed by atoms with E-state index in [9.17, 15) is 0 Å². The van der Waals surface area contributed by atoms with Gasteiger partial charge in [0.2, 0.25) is 0 Å². The number of likely N-dealkylation sites (tertiary alicyclic amines) is 1. The summed E-state index contributed by atoms with van der Waals surface area (Å²) in [6.45, 7) is 7.98. The molecular weight excluding hydrogens is 222 g/mol. The summed E-state index contributed by atoms with van der Waals surface area (Å²) in [4.78, 5) is 7.03. The molecule has 100 valence electrons. The van der Waals surface area contributed by atoms with Crippen molar-refractivity contribution in [2.24, 2.45) is 0 Å². The maximum absolute atomic E-state index is 4.48. The van der Waals surface area contributed by atoms with Gasteiger partial charge in [0.25, 0.3) is 0 Å². The molecule has 1 aliphatic rings. The minimum atomic E-state index is 0.428. The molecule has 3 heteroatoms. The molecule has 2 atom stereocenters. The van der Waals surface area contributed by atoms with Crippen LogP contribution in [0.1, 0.15) is 44.8 Å². The van der Waals surface area contributed by atoms with Crippen molar-refractivity contribution in [3.8, 4) is 0 Å². The van der Waals surface area contributed by atoms with E-state index in [0.29, 0.717) is 12.1 Å². The summed E-state index contributed by atoms with van der Waals surface area (Å²) < 4.78 is 0. The van der Waals surface area contributed by atoms with Crippen LogP contribution in [-0.2, 0) is 0 Å². The predicted molar refractivity (Wildman–Crippen MR) is 75.5 cm³/mol. The lowest BCUT2D eigenvalue weighted by molar-refractivity contribution is 0.144. The first-order valence-electron chi connectivity index (χ1n) is 7.19. The van der Waals surface area contributed by atoms with Gasteiger partial charge in [0.15, 0.2) is 0 Å². The zero-order chi connectivity index (χ0) is 12.8. The molecule has 0 bridgehead atoms. The summed E-state index contributed by atoms with van der Waals surface area (Å²) in [5, 5.41) is 3.65. The fourth-order valence-electron chi connectivity index (χ4n) is 2.68. The van der Waals surface area contributed by atoms with Crippen molar-refractivity contribution in [3.05, 3.63) is 30.1 Å². The number of hydrogen-bond donors (Lipinski definition) is 1. The van der Waals surface area contributed by atoms with Gasteiger partial charge in [-0.05, 0) is 51.4 Å². The first-order chi connectivity index (χ1) is 8.81. The number of hydrogen-bond acceptors (Lipinski definition) is 3. The van der Waals surface area contributed by atoms with Gasteiger partial charge < -0.3 is 5.32 Å². The van der Waals surface area contributed by atoms with Crippen molar-refractivity contribution < 1.29 is 0 Å². The van der Waals surface area contributed by atoms with Crippen LogP contribution in [0.15, 0.2) is 24.4 Å². The monoisotopic (exact) mass is 247 g/mol. The number of nitrogens with zero attached hydrogens (tertiary/aromatic N) is 2. The van der Waals surface area contributed by atoms with E-state index in [-0.39, 0.29) is 0 Å². The Morgan fingerprint density at radius 3 is 3.11 bits per heavy atom. The molecule has 0 amide bonds. The van der Waals surface area contributed by atoms with E-state index in [1.807, 2.05) is 12.3 Å². The molecule has 1 aromatic heterocycles. The smallest absolute Gasteiger partial charge is 0.0572 e. The Labute approximate surface area is 111 Å². The van der Waals surface area contributed by atoms with E-state index in [4.69, 9.17) is 0 Å². The maximum Gasteiger partial charge on any atom is 0.0572 e. The molecule has 1 aliphatic heterocycles. The van der Waals surface area contributed by atoms with Crippen LogP contribution in [-0.4, -0.2) is 35.6 Å². The van der Waals surface area contributed by atoms with Crippen LogP contribution in [0.25, 0.3) is 0 Å². The average Bonchev–Trinajstić information content (AvgIpc) is 2.45. The Morgan fingerprint density at radius 1 is 1.50 bits per heavy atom. The maximum atomic E-state index is 4.48. The van der Waals surface area contributed by atoms with Crippen LogP contribution < -0.4 is 5.32 Å². The van der Waals surface area contributed by atoms with Crippen LogP contribution in [0.2, 0.25) is 0 Å². The van der Waals surface area contributed by atoms with Crippen molar-refractivity contribution in [2.45, 2.75) is 45.2 Å². The summed E-state index contributed by atoms with van der Waals surface area (Å²) >= 11 is 0. The van der Waals surface area contributed by atoms with Crippen molar-refractivity contribution in [2.75, 3.05) is 19.6 Å². The standard InChI is InChI=1S/C15H25N3/c1-3-9-16-14-7-6-11-18(12-14)13(2)15-8-4-5-10-17-15/h4-5,8,10,13-14,16H,3,6-7,9,11-12H2,1-2H3. The van der Waals surface area contributed by atoms with Crippen LogP contribution in [0.3, 0.4) is 0 Å². The molecule has 1 saturated heterocycles. The first kappa shape index (κ1) is 13.5. The van der Waals surface area contributed by atoms with Crippen molar-refractivity contribution in [1.82, 2.24) is 15.2 Å². The Hall–Kier alpha value is -0.930. The van der Waals surface area contributed by atoms with Gasteiger partial charge in [0.05, 0.1) is 5.69 Å². The van der Waals surface area contributed by atoms with E-state index in [1.54, 1.807) is 0 Å². The van der Waals surface area contributed by atoms with Gasteiger partial charge in [-0.3, -0.25) is 9.88 Å². The zero-order valence-corrected chi connectivity index (χ0v) is 11.6. The largest absolute Gasteiger partial charge is 0.313 e. The third kappa shape index (κ3) is 3.53. The van der Waals surface area contributed by atoms with Gasteiger partial charge in [0, 0.05) is 24.8 Å². The second kappa shape index (κ2) is 6.86. The molecule has 0 aromatic carbocycles. The highest BCUT2D eigenvalue weighted by molar-refractivity contribution is 5.08. The highest BCUT2D eigenvalue weighted by Gasteiger charge is 2.24. The average molecular weight is 247 g/mol. The number of pyridine rings is 1. The summed E-state index contributed by atoms with van der Waals surface area (Å²) in [6.07, 6.45) is 5.71. The van der Waals surface area contributed by atoms with E-state index in [0.717, 1.165) is 13.1 Å². The number of aromatic nitrogens is 1. The molecule has 0 radical (unpaired) electrons. The van der Waals surface area contributed by atoms with E-state index in [1.165, 1.54) is 31.5 Å².